The molecule has 1 saturated carbocycles. The van der Waals surface area contributed by atoms with E-state index in [0.717, 1.165) is 23.8 Å². The van der Waals surface area contributed by atoms with Crippen molar-refractivity contribution in [1.82, 2.24) is 14.5 Å². The van der Waals surface area contributed by atoms with E-state index in [2.05, 4.69) is 35.2 Å². The molecule has 3 aromatic rings. The highest BCUT2D eigenvalue weighted by atomic mass is 31.2. The van der Waals surface area contributed by atoms with Crippen LogP contribution in [0.5, 0.6) is 0 Å². The number of rotatable bonds is 8. The molecule has 2 aromatic heterocycles. The van der Waals surface area contributed by atoms with Crippen LogP contribution >= 0.6 is 7.60 Å². The summed E-state index contributed by atoms with van der Waals surface area (Å²) in [5.41, 5.74) is 1.81. The van der Waals surface area contributed by atoms with Crippen LogP contribution in [0.2, 0.25) is 0 Å². The van der Waals surface area contributed by atoms with Gasteiger partial charge in [-0.3, -0.25) is 4.57 Å². The SMILES string of the molecule is C[C@@H](Nc1nc(C#N)nc2c1ccn2[C@@H]1O[C@H](COCP(=O)(O)O)[C@H]2CC(C)(C)C[C@H]21)c1ccccc1. The maximum atomic E-state index is 11.3. The van der Waals surface area contributed by atoms with Crippen LogP contribution in [-0.2, 0) is 14.0 Å². The molecule has 37 heavy (non-hydrogen) atoms. The zero-order valence-electron chi connectivity index (χ0n) is 21.1. The van der Waals surface area contributed by atoms with Gasteiger partial charge >= 0.3 is 7.60 Å². The molecular formula is C26H32N5O5P. The number of hydrogen-bond acceptors (Lipinski definition) is 7. The molecule has 0 radical (unpaired) electrons. The summed E-state index contributed by atoms with van der Waals surface area (Å²) in [6.07, 6.45) is 2.52. The zero-order valence-corrected chi connectivity index (χ0v) is 22.0. The van der Waals surface area contributed by atoms with E-state index in [1.807, 2.05) is 54.1 Å². The monoisotopic (exact) mass is 525 g/mol. The molecule has 5 rings (SSSR count). The van der Waals surface area contributed by atoms with Crippen LogP contribution in [0.4, 0.5) is 5.82 Å². The molecule has 3 heterocycles. The average Bonchev–Trinajstić information content (AvgIpc) is 3.50. The van der Waals surface area contributed by atoms with Gasteiger partial charge in [0.2, 0.25) is 5.82 Å². The molecule has 0 spiro atoms. The fourth-order valence-corrected chi connectivity index (χ4v) is 6.26. The summed E-state index contributed by atoms with van der Waals surface area (Å²) in [4.78, 5) is 27.4. The second kappa shape index (κ2) is 9.82. The third kappa shape index (κ3) is 5.42. The maximum absolute atomic E-state index is 11.3. The molecule has 1 aromatic carbocycles. The van der Waals surface area contributed by atoms with E-state index in [1.165, 1.54) is 0 Å². The van der Waals surface area contributed by atoms with Crippen LogP contribution in [-0.4, -0.2) is 43.4 Å². The van der Waals surface area contributed by atoms with Crippen molar-refractivity contribution in [1.29, 1.82) is 5.26 Å². The minimum absolute atomic E-state index is 0.0347. The number of nitrogens with zero attached hydrogens (tertiary/aromatic N) is 4. The van der Waals surface area contributed by atoms with Gasteiger partial charge in [0.1, 0.15) is 30.1 Å². The molecule has 2 fully saturated rings. The first-order chi connectivity index (χ1) is 17.5. The van der Waals surface area contributed by atoms with E-state index in [4.69, 9.17) is 9.47 Å². The summed E-state index contributed by atoms with van der Waals surface area (Å²) < 4.78 is 25.1. The topological polar surface area (TPSA) is 143 Å². The van der Waals surface area contributed by atoms with E-state index in [-0.39, 0.29) is 48.1 Å². The van der Waals surface area contributed by atoms with Gasteiger partial charge in [0.15, 0.2) is 0 Å². The molecule has 11 heteroatoms. The van der Waals surface area contributed by atoms with Gasteiger partial charge < -0.3 is 29.1 Å². The van der Waals surface area contributed by atoms with Crippen molar-refractivity contribution in [2.24, 2.45) is 17.3 Å². The molecule has 1 aliphatic carbocycles. The van der Waals surface area contributed by atoms with Crippen molar-refractivity contribution in [2.45, 2.75) is 52.0 Å². The van der Waals surface area contributed by atoms with Gasteiger partial charge in [-0.15, -0.1) is 0 Å². The lowest BCUT2D eigenvalue weighted by atomic mass is 9.89. The third-order valence-corrected chi connectivity index (χ3v) is 7.94. The second-order valence-electron chi connectivity index (χ2n) is 10.9. The van der Waals surface area contributed by atoms with E-state index >= 15 is 0 Å². The Bertz CT molecular complexity index is 1360. The highest BCUT2D eigenvalue weighted by molar-refractivity contribution is 7.51. The summed E-state index contributed by atoms with van der Waals surface area (Å²) in [5.74, 6) is 1.01. The van der Waals surface area contributed by atoms with Crippen molar-refractivity contribution in [3.05, 3.63) is 54.0 Å². The fourth-order valence-electron chi connectivity index (χ4n) is 5.91. The third-order valence-electron chi connectivity index (χ3n) is 7.42. The van der Waals surface area contributed by atoms with E-state index in [1.54, 1.807) is 0 Å². The smallest absolute Gasteiger partial charge is 0.350 e. The average molecular weight is 526 g/mol. The second-order valence-corrected chi connectivity index (χ2v) is 12.5. The molecule has 1 saturated heterocycles. The normalized spacial score (nSPS) is 25.6. The van der Waals surface area contributed by atoms with E-state index in [0.29, 0.717) is 11.5 Å². The first-order valence-electron chi connectivity index (χ1n) is 12.4. The number of anilines is 1. The lowest BCUT2D eigenvalue weighted by molar-refractivity contribution is -0.0566. The minimum Gasteiger partial charge on any atom is -0.366 e. The molecule has 3 N–H and O–H groups in total. The standard InChI is InChI=1S/C26H32N5O5P/c1-16(17-7-5-4-6-8-17)28-23-18-9-10-31(24(18)30-22(13-27)29-23)25-20-12-26(2,3)11-19(20)21(36-25)14-35-15-37(32,33)34/h4-10,16,19-21,25H,11-12,14-15H2,1-3H3,(H,28,29,30)(H2,32,33,34)/t16-,19+,20-,21-,25-/m1/s1. The van der Waals surface area contributed by atoms with Gasteiger partial charge in [-0.05, 0) is 42.7 Å². The number of benzene rings is 1. The quantitative estimate of drug-likeness (QED) is 0.360. The number of hydrogen-bond donors (Lipinski definition) is 3. The Morgan fingerprint density at radius 2 is 1.97 bits per heavy atom. The summed E-state index contributed by atoms with van der Waals surface area (Å²) in [5, 5.41) is 13.9. The van der Waals surface area contributed by atoms with Crippen molar-refractivity contribution in [3.63, 3.8) is 0 Å². The summed E-state index contributed by atoms with van der Waals surface area (Å²) in [6.45, 7) is 6.61. The van der Waals surface area contributed by atoms with Gasteiger partial charge in [-0.25, -0.2) is 9.97 Å². The van der Waals surface area contributed by atoms with E-state index < -0.39 is 13.9 Å². The van der Waals surface area contributed by atoms with Crippen LogP contribution in [0.3, 0.4) is 0 Å². The van der Waals surface area contributed by atoms with Crippen LogP contribution in [0.25, 0.3) is 11.0 Å². The zero-order chi connectivity index (χ0) is 26.4. The lowest BCUT2D eigenvalue weighted by Gasteiger charge is -2.25. The Labute approximate surface area is 215 Å². The predicted molar refractivity (Wildman–Crippen MR) is 137 cm³/mol. The van der Waals surface area contributed by atoms with Crippen LogP contribution in [0.1, 0.15) is 57.3 Å². The Kier molecular flexibility index (Phi) is 6.86. The molecule has 2 aliphatic rings. The highest BCUT2D eigenvalue weighted by Gasteiger charge is 2.53. The van der Waals surface area contributed by atoms with Crippen molar-refractivity contribution in [2.75, 3.05) is 18.3 Å². The largest absolute Gasteiger partial charge is 0.366 e. The highest BCUT2D eigenvalue weighted by Crippen LogP contribution is 2.56. The van der Waals surface area contributed by atoms with Gasteiger partial charge in [-0.1, -0.05) is 44.2 Å². The molecule has 0 amide bonds. The maximum Gasteiger partial charge on any atom is 0.350 e. The fraction of sp³-hybridized carbons (Fsp3) is 0.500. The number of nitriles is 1. The van der Waals surface area contributed by atoms with Gasteiger partial charge in [0, 0.05) is 18.2 Å². The van der Waals surface area contributed by atoms with Crippen LogP contribution in [0.15, 0.2) is 42.6 Å². The van der Waals surface area contributed by atoms with Gasteiger partial charge in [0.25, 0.3) is 0 Å². The Morgan fingerprint density at radius 1 is 1.24 bits per heavy atom. The molecule has 10 nitrogen and oxygen atoms in total. The van der Waals surface area contributed by atoms with Gasteiger partial charge in [0.05, 0.1) is 18.1 Å². The van der Waals surface area contributed by atoms with E-state index in [9.17, 15) is 19.6 Å². The van der Waals surface area contributed by atoms with Crippen molar-refractivity contribution < 1.29 is 23.8 Å². The van der Waals surface area contributed by atoms with Crippen molar-refractivity contribution >= 4 is 24.4 Å². The lowest BCUT2D eigenvalue weighted by Crippen LogP contribution is -2.24. The summed E-state index contributed by atoms with van der Waals surface area (Å²) >= 11 is 0. The first-order valence-corrected chi connectivity index (χ1v) is 14.2. The number of ether oxygens (including phenoxy) is 2. The van der Waals surface area contributed by atoms with Gasteiger partial charge in [-0.2, -0.15) is 5.26 Å². The summed E-state index contributed by atoms with van der Waals surface area (Å²) in [7, 11) is -4.26. The molecule has 5 atom stereocenters. The molecule has 196 valence electrons. The van der Waals surface area contributed by atoms with Crippen LogP contribution in [0, 0.1) is 28.6 Å². The summed E-state index contributed by atoms with van der Waals surface area (Å²) in [6, 6.07) is 14.0. The predicted octanol–water partition coefficient (Wildman–Crippen LogP) is 4.58. The Balaban J connectivity index is 1.46. The Hall–Kier alpha value is -2.80. The van der Waals surface area contributed by atoms with Crippen LogP contribution < -0.4 is 5.32 Å². The van der Waals surface area contributed by atoms with Crippen molar-refractivity contribution in [3.8, 4) is 6.07 Å². The minimum atomic E-state index is -4.26. The first kappa shape index (κ1) is 25.8. The number of fused-ring (bicyclic) bond motifs is 2. The number of aromatic nitrogens is 3. The number of nitrogens with one attached hydrogen (secondary N) is 1. The molecule has 0 bridgehead atoms. The molecular weight excluding hydrogens is 493 g/mol. The molecule has 0 unspecified atom stereocenters. The molecule has 1 aliphatic heterocycles. The Morgan fingerprint density at radius 3 is 2.68 bits per heavy atom.